The summed E-state index contributed by atoms with van der Waals surface area (Å²) in [4.78, 5) is 27.9. The topological polar surface area (TPSA) is 55.8 Å². The first-order chi connectivity index (χ1) is 13.0. The first-order valence-corrected chi connectivity index (χ1v) is 9.62. The summed E-state index contributed by atoms with van der Waals surface area (Å²) in [5.74, 6) is 0.901. The normalized spacial score (nSPS) is 14.1. The van der Waals surface area contributed by atoms with Crippen molar-refractivity contribution in [2.75, 3.05) is 24.9 Å². The maximum atomic E-state index is 13.2. The summed E-state index contributed by atoms with van der Waals surface area (Å²) in [5.41, 5.74) is 1.34. The number of methoxy groups -OCH3 is 2. The van der Waals surface area contributed by atoms with Gasteiger partial charge in [0.05, 0.1) is 35.4 Å². The molecule has 1 heterocycles. The van der Waals surface area contributed by atoms with Crippen molar-refractivity contribution in [1.82, 2.24) is 0 Å². The molecule has 0 bridgehead atoms. The van der Waals surface area contributed by atoms with Crippen molar-refractivity contribution in [1.29, 1.82) is 0 Å². The van der Waals surface area contributed by atoms with E-state index >= 15 is 0 Å². The van der Waals surface area contributed by atoms with Crippen LogP contribution in [0.5, 0.6) is 11.5 Å². The Labute approximate surface area is 166 Å². The van der Waals surface area contributed by atoms with Gasteiger partial charge in [-0.3, -0.25) is 9.59 Å². The van der Waals surface area contributed by atoms with Crippen LogP contribution in [0.4, 0.5) is 5.69 Å². The Morgan fingerprint density at radius 2 is 1.70 bits per heavy atom. The van der Waals surface area contributed by atoms with Gasteiger partial charge in [-0.15, -0.1) is 11.8 Å². The van der Waals surface area contributed by atoms with Crippen LogP contribution >= 0.6 is 23.4 Å². The standard InChI is InChI=1S/C20H18ClNO4S/c1-4-27-18-17(13-7-5-6-8-15(13)25-2)19(23)22(20(18)24)12-9-10-16(26-3)14(21)11-12/h5-11H,4H2,1-3H3. The molecule has 0 aromatic heterocycles. The number of imide groups is 1. The average molecular weight is 404 g/mol. The highest BCUT2D eigenvalue weighted by atomic mass is 35.5. The molecule has 0 unspecified atom stereocenters. The minimum atomic E-state index is -0.401. The molecule has 0 aliphatic carbocycles. The molecule has 140 valence electrons. The summed E-state index contributed by atoms with van der Waals surface area (Å²) in [7, 11) is 3.04. The van der Waals surface area contributed by atoms with Crippen molar-refractivity contribution in [2.45, 2.75) is 6.92 Å². The van der Waals surface area contributed by atoms with Gasteiger partial charge in [-0.25, -0.2) is 4.90 Å². The lowest BCUT2D eigenvalue weighted by molar-refractivity contribution is -0.119. The van der Waals surface area contributed by atoms with Gasteiger partial charge in [0.2, 0.25) is 0 Å². The Balaban J connectivity index is 2.12. The molecule has 2 amide bonds. The Bertz CT molecular complexity index is 941. The summed E-state index contributed by atoms with van der Waals surface area (Å²) < 4.78 is 10.5. The van der Waals surface area contributed by atoms with Crippen molar-refractivity contribution in [2.24, 2.45) is 0 Å². The summed E-state index contributed by atoms with van der Waals surface area (Å²) in [6, 6.07) is 12.0. The van der Waals surface area contributed by atoms with Gasteiger partial charge in [0, 0.05) is 5.56 Å². The number of carbonyl (C=O) groups is 2. The molecule has 0 spiro atoms. The third kappa shape index (κ3) is 3.42. The number of halogens is 1. The molecule has 27 heavy (non-hydrogen) atoms. The van der Waals surface area contributed by atoms with Crippen LogP contribution in [-0.2, 0) is 9.59 Å². The van der Waals surface area contributed by atoms with Crippen LogP contribution in [-0.4, -0.2) is 31.8 Å². The zero-order valence-electron chi connectivity index (χ0n) is 15.1. The molecule has 0 fully saturated rings. The SMILES string of the molecule is CCSC1=C(c2ccccc2OC)C(=O)N(c2ccc(OC)c(Cl)c2)C1=O. The lowest BCUT2D eigenvalue weighted by Crippen LogP contribution is -2.31. The first kappa shape index (κ1) is 19.3. The summed E-state index contributed by atoms with van der Waals surface area (Å²) in [6.07, 6.45) is 0. The molecular formula is C20H18ClNO4S. The number of amides is 2. The zero-order chi connectivity index (χ0) is 19.6. The van der Waals surface area contributed by atoms with Gasteiger partial charge in [0.25, 0.3) is 11.8 Å². The number of benzene rings is 2. The number of carbonyl (C=O) groups excluding carboxylic acids is 2. The average Bonchev–Trinajstić information content (AvgIpc) is 2.92. The van der Waals surface area contributed by atoms with Crippen LogP contribution in [0.25, 0.3) is 5.57 Å². The maximum Gasteiger partial charge on any atom is 0.272 e. The lowest BCUT2D eigenvalue weighted by atomic mass is 10.0. The van der Waals surface area contributed by atoms with Crippen LogP contribution in [0.3, 0.4) is 0 Å². The van der Waals surface area contributed by atoms with E-state index in [1.54, 1.807) is 30.3 Å². The molecule has 5 nitrogen and oxygen atoms in total. The first-order valence-electron chi connectivity index (χ1n) is 8.26. The fraction of sp³-hybridized carbons (Fsp3) is 0.200. The lowest BCUT2D eigenvalue weighted by Gasteiger charge is -2.16. The van der Waals surface area contributed by atoms with E-state index < -0.39 is 5.91 Å². The van der Waals surface area contributed by atoms with Crippen molar-refractivity contribution >= 4 is 46.4 Å². The maximum absolute atomic E-state index is 13.2. The number of para-hydroxylation sites is 1. The third-order valence-electron chi connectivity index (χ3n) is 4.10. The molecule has 0 atom stereocenters. The smallest absolute Gasteiger partial charge is 0.272 e. The van der Waals surface area contributed by atoms with E-state index in [-0.39, 0.29) is 5.91 Å². The molecule has 3 rings (SSSR count). The number of hydrogen-bond donors (Lipinski definition) is 0. The second kappa shape index (κ2) is 8.06. The highest BCUT2D eigenvalue weighted by Crippen LogP contribution is 2.42. The van der Waals surface area contributed by atoms with Gasteiger partial charge in [-0.2, -0.15) is 0 Å². The van der Waals surface area contributed by atoms with Gasteiger partial charge in [0.15, 0.2) is 0 Å². The molecular weight excluding hydrogens is 386 g/mol. The van der Waals surface area contributed by atoms with Gasteiger partial charge < -0.3 is 9.47 Å². The Kier molecular flexibility index (Phi) is 5.77. The summed E-state index contributed by atoms with van der Waals surface area (Å²) in [6.45, 7) is 1.93. The molecule has 0 radical (unpaired) electrons. The quantitative estimate of drug-likeness (QED) is 0.669. The fourth-order valence-corrected chi connectivity index (χ4v) is 4.00. The van der Waals surface area contributed by atoms with Crippen LogP contribution in [0.2, 0.25) is 5.02 Å². The highest BCUT2D eigenvalue weighted by Gasteiger charge is 2.41. The van der Waals surface area contributed by atoms with Gasteiger partial charge in [-0.05, 0) is 30.0 Å². The molecule has 0 saturated heterocycles. The number of ether oxygens (including phenoxy) is 2. The summed E-state index contributed by atoms with van der Waals surface area (Å²) in [5, 5.41) is 0.325. The predicted octanol–water partition coefficient (Wildman–Crippen LogP) is 4.39. The second-order valence-electron chi connectivity index (χ2n) is 5.60. The highest BCUT2D eigenvalue weighted by molar-refractivity contribution is 8.04. The van der Waals surface area contributed by atoms with E-state index in [0.717, 1.165) is 4.90 Å². The zero-order valence-corrected chi connectivity index (χ0v) is 16.7. The molecule has 1 aliphatic heterocycles. The number of nitrogens with zero attached hydrogens (tertiary/aromatic N) is 1. The second-order valence-corrected chi connectivity index (χ2v) is 7.28. The van der Waals surface area contributed by atoms with E-state index in [0.29, 0.717) is 44.0 Å². The fourth-order valence-electron chi connectivity index (χ4n) is 2.91. The van der Waals surface area contributed by atoms with Gasteiger partial charge in [0.1, 0.15) is 11.5 Å². The number of hydrogen-bond acceptors (Lipinski definition) is 5. The summed E-state index contributed by atoms with van der Waals surface area (Å²) >= 11 is 7.53. The largest absolute Gasteiger partial charge is 0.496 e. The Morgan fingerprint density at radius 3 is 2.33 bits per heavy atom. The molecule has 0 saturated carbocycles. The number of thioether (sulfide) groups is 1. The van der Waals surface area contributed by atoms with Gasteiger partial charge in [-0.1, -0.05) is 36.7 Å². The monoisotopic (exact) mass is 403 g/mol. The van der Waals surface area contributed by atoms with E-state index in [9.17, 15) is 9.59 Å². The van der Waals surface area contributed by atoms with Crippen molar-refractivity contribution < 1.29 is 19.1 Å². The number of anilines is 1. The molecule has 2 aromatic rings. The minimum Gasteiger partial charge on any atom is -0.496 e. The minimum absolute atomic E-state index is 0.325. The Morgan fingerprint density at radius 1 is 1.00 bits per heavy atom. The molecule has 0 N–H and O–H groups in total. The van der Waals surface area contributed by atoms with Crippen LogP contribution in [0, 0.1) is 0 Å². The van der Waals surface area contributed by atoms with E-state index in [1.165, 1.54) is 26.0 Å². The van der Waals surface area contributed by atoms with Crippen LogP contribution < -0.4 is 14.4 Å². The van der Waals surface area contributed by atoms with E-state index in [1.807, 2.05) is 19.1 Å². The van der Waals surface area contributed by atoms with E-state index in [4.69, 9.17) is 21.1 Å². The predicted molar refractivity (Wildman–Crippen MR) is 109 cm³/mol. The molecule has 7 heteroatoms. The van der Waals surface area contributed by atoms with Crippen molar-refractivity contribution in [3.05, 3.63) is 58.0 Å². The van der Waals surface area contributed by atoms with Crippen molar-refractivity contribution in [3.8, 4) is 11.5 Å². The van der Waals surface area contributed by atoms with Crippen molar-refractivity contribution in [3.63, 3.8) is 0 Å². The molecule has 2 aromatic carbocycles. The third-order valence-corrected chi connectivity index (χ3v) is 5.35. The van der Waals surface area contributed by atoms with Crippen LogP contribution in [0.1, 0.15) is 12.5 Å². The van der Waals surface area contributed by atoms with E-state index in [2.05, 4.69) is 0 Å². The molecule has 1 aliphatic rings. The Hall–Kier alpha value is -2.44. The number of rotatable bonds is 6. The van der Waals surface area contributed by atoms with Gasteiger partial charge >= 0.3 is 0 Å². The van der Waals surface area contributed by atoms with Crippen LogP contribution in [0.15, 0.2) is 47.4 Å².